The van der Waals surface area contributed by atoms with E-state index in [0.29, 0.717) is 4.75 Å². The van der Waals surface area contributed by atoms with Crippen molar-refractivity contribution in [3.05, 3.63) is 30.3 Å². The van der Waals surface area contributed by atoms with Crippen molar-refractivity contribution >= 4 is 11.8 Å². The van der Waals surface area contributed by atoms with Gasteiger partial charge in [0.05, 0.1) is 0 Å². The predicted molar refractivity (Wildman–Crippen MR) is 50.9 cm³/mol. The molecule has 0 fully saturated rings. The summed E-state index contributed by atoms with van der Waals surface area (Å²) in [5.41, 5.74) is 0. The van der Waals surface area contributed by atoms with E-state index in [9.17, 15) is 0 Å². The van der Waals surface area contributed by atoms with E-state index in [-0.39, 0.29) is 18.9 Å². The van der Waals surface area contributed by atoms with Crippen LogP contribution in [0.5, 0.6) is 0 Å². The first kappa shape index (κ1) is 12.2. The fraction of sp³-hybridized carbons (Fsp3) is 0.400. The Morgan fingerprint density at radius 1 is 1.17 bits per heavy atom. The third-order valence-electron chi connectivity index (χ3n) is 1.11. The van der Waals surface area contributed by atoms with E-state index in [0.717, 1.165) is 0 Å². The van der Waals surface area contributed by atoms with E-state index in [1.807, 2.05) is 23.9 Å². The summed E-state index contributed by atoms with van der Waals surface area (Å²) in [5, 5.41) is 0. The molecule has 2 heteroatoms. The van der Waals surface area contributed by atoms with Crippen molar-refractivity contribution in [1.82, 2.24) is 0 Å². The molecule has 0 saturated heterocycles. The molecule has 0 saturated carbocycles. The van der Waals surface area contributed by atoms with Gasteiger partial charge in [0.25, 0.3) is 0 Å². The van der Waals surface area contributed by atoms with Crippen LogP contribution < -0.4 is 18.9 Å². The molecule has 0 radical (unpaired) electrons. The smallest absolute Gasteiger partial charge is 0.184 e. The van der Waals surface area contributed by atoms with Gasteiger partial charge >= 0.3 is 18.9 Å². The van der Waals surface area contributed by atoms with Crippen LogP contribution in [0.2, 0.25) is 0 Å². The maximum atomic E-state index is 3.01. The normalized spacial score (nSPS) is 10.6. The van der Waals surface area contributed by atoms with Gasteiger partial charge in [-0.1, -0.05) is 20.8 Å². The molecular weight excluding hydrogens is 159 g/mol. The molecule has 1 aromatic rings. The van der Waals surface area contributed by atoms with Gasteiger partial charge < -0.3 is 0 Å². The Balaban J connectivity index is 0.00000121. The largest absolute Gasteiger partial charge is 1.00 e. The van der Waals surface area contributed by atoms with Crippen LogP contribution in [0.3, 0.4) is 0 Å². The van der Waals surface area contributed by atoms with Gasteiger partial charge in [-0.05, 0) is 0 Å². The second-order valence-corrected chi connectivity index (χ2v) is 5.35. The van der Waals surface area contributed by atoms with Gasteiger partial charge in [-0.15, -0.1) is 16.7 Å². The van der Waals surface area contributed by atoms with Crippen molar-refractivity contribution in [2.24, 2.45) is 0 Å². The topological polar surface area (TPSA) is 0 Å². The van der Waals surface area contributed by atoms with Gasteiger partial charge in [0.1, 0.15) is 0 Å². The molecule has 60 valence electrons. The van der Waals surface area contributed by atoms with Crippen LogP contribution in [-0.4, -0.2) is 4.75 Å². The summed E-state index contributed by atoms with van der Waals surface area (Å²) < 4.78 is 0.307. The quantitative estimate of drug-likeness (QED) is 0.335. The van der Waals surface area contributed by atoms with E-state index in [2.05, 4.69) is 39.0 Å². The average Bonchev–Trinajstić information content (AvgIpc) is 1.85. The second kappa shape index (κ2) is 5.02. The predicted octanol–water partition coefficient (Wildman–Crippen LogP) is 0.381. The molecule has 0 aliphatic heterocycles. The second-order valence-electron chi connectivity index (χ2n) is 3.45. The minimum Gasteiger partial charge on any atom is -0.184 e. The first-order valence-corrected chi connectivity index (χ1v) is 4.55. The Kier molecular flexibility index (Phi) is 5.09. The van der Waals surface area contributed by atoms with E-state index in [1.165, 1.54) is 4.90 Å². The van der Waals surface area contributed by atoms with Crippen molar-refractivity contribution < 1.29 is 18.9 Å². The Morgan fingerprint density at radius 3 is 2.08 bits per heavy atom. The molecule has 0 aliphatic rings. The van der Waals surface area contributed by atoms with Crippen LogP contribution in [0.15, 0.2) is 29.2 Å². The number of benzene rings is 1. The molecular formula is C10H13LiS. The minimum absolute atomic E-state index is 0. The van der Waals surface area contributed by atoms with E-state index in [4.69, 9.17) is 0 Å². The summed E-state index contributed by atoms with van der Waals surface area (Å²) in [4.78, 5) is 1.32. The van der Waals surface area contributed by atoms with E-state index >= 15 is 0 Å². The Bertz CT molecular complexity index is 213. The zero-order valence-electron chi connectivity index (χ0n) is 8.22. The molecule has 0 aromatic heterocycles. The van der Waals surface area contributed by atoms with Gasteiger partial charge in [-0.3, -0.25) is 0 Å². The standard InChI is InChI=1S/C10H13S.Li/c1-10(2,3)11-9-7-5-4-6-8-9;/h5-8H,1-3H3;/q-1;+1. The van der Waals surface area contributed by atoms with Crippen LogP contribution in [-0.2, 0) is 0 Å². The van der Waals surface area contributed by atoms with Crippen LogP contribution in [0, 0.1) is 6.07 Å². The Labute approximate surface area is 91.3 Å². The van der Waals surface area contributed by atoms with Crippen LogP contribution >= 0.6 is 11.8 Å². The monoisotopic (exact) mass is 172 g/mol. The molecule has 0 nitrogen and oxygen atoms in total. The Hall–Kier alpha value is 0.167. The summed E-state index contributed by atoms with van der Waals surface area (Å²) >= 11 is 1.88. The van der Waals surface area contributed by atoms with Gasteiger partial charge in [0, 0.05) is 4.75 Å². The van der Waals surface area contributed by atoms with E-state index < -0.39 is 0 Å². The summed E-state index contributed by atoms with van der Waals surface area (Å²) in [6, 6.07) is 11.1. The summed E-state index contributed by atoms with van der Waals surface area (Å²) in [6.45, 7) is 6.65. The maximum absolute atomic E-state index is 3.01. The average molecular weight is 172 g/mol. The fourth-order valence-corrected chi connectivity index (χ4v) is 1.77. The van der Waals surface area contributed by atoms with Crippen LogP contribution in [0.4, 0.5) is 0 Å². The molecule has 1 aromatic carbocycles. The summed E-state index contributed by atoms with van der Waals surface area (Å²) in [7, 11) is 0. The van der Waals surface area contributed by atoms with Crippen molar-refractivity contribution in [3.63, 3.8) is 0 Å². The third kappa shape index (κ3) is 4.93. The van der Waals surface area contributed by atoms with E-state index in [1.54, 1.807) is 0 Å². The third-order valence-corrected chi connectivity index (χ3v) is 2.23. The van der Waals surface area contributed by atoms with Crippen molar-refractivity contribution in [2.45, 2.75) is 30.4 Å². The maximum Gasteiger partial charge on any atom is 1.00 e. The van der Waals surface area contributed by atoms with Crippen molar-refractivity contribution in [1.29, 1.82) is 0 Å². The van der Waals surface area contributed by atoms with Crippen LogP contribution in [0.1, 0.15) is 20.8 Å². The molecule has 0 aliphatic carbocycles. The first-order chi connectivity index (χ1) is 5.08. The van der Waals surface area contributed by atoms with Crippen molar-refractivity contribution in [2.75, 3.05) is 0 Å². The number of hydrogen-bond donors (Lipinski definition) is 0. The molecule has 12 heavy (non-hydrogen) atoms. The molecule has 0 amide bonds. The number of rotatable bonds is 1. The molecule has 0 atom stereocenters. The Morgan fingerprint density at radius 2 is 1.67 bits per heavy atom. The zero-order chi connectivity index (χ0) is 8.32. The summed E-state index contributed by atoms with van der Waals surface area (Å²) in [6.07, 6.45) is 0. The zero-order valence-corrected chi connectivity index (χ0v) is 9.03. The van der Waals surface area contributed by atoms with Crippen LogP contribution in [0.25, 0.3) is 0 Å². The molecule has 0 bridgehead atoms. The SMILES string of the molecule is CC(C)(C)Sc1cc[c-]cc1.[Li+]. The van der Waals surface area contributed by atoms with Gasteiger partial charge in [-0.2, -0.15) is 30.3 Å². The minimum atomic E-state index is 0. The van der Waals surface area contributed by atoms with Crippen molar-refractivity contribution in [3.8, 4) is 0 Å². The number of hydrogen-bond acceptors (Lipinski definition) is 1. The summed E-state index contributed by atoms with van der Waals surface area (Å²) in [5.74, 6) is 0. The van der Waals surface area contributed by atoms with Gasteiger partial charge in [0.2, 0.25) is 0 Å². The first-order valence-electron chi connectivity index (χ1n) is 3.73. The molecule has 0 N–H and O–H groups in total. The molecule has 0 spiro atoms. The van der Waals surface area contributed by atoms with Gasteiger partial charge in [-0.25, -0.2) is 0 Å². The molecule has 1 rings (SSSR count). The van der Waals surface area contributed by atoms with Gasteiger partial charge in [0.15, 0.2) is 0 Å². The number of thioether (sulfide) groups is 1. The molecule has 0 unspecified atom stereocenters. The fourth-order valence-electron chi connectivity index (χ4n) is 0.793. The molecule has 0 heterocycles.